The summed E-state index contributed by atoms with van der Waals surface area (Å²) in [6.07, 6.45) is 0. The Kier molecular flexibility index (Phi) is 8.55. The summed E-state index contributed by atoms with van der Waals surface area (Å²) in [6.45, 7) is 0.683. The summed E-state index contributed by atoms with van der Waals surface area (Å²) in [6, 6.07) is 16.0. The molecule has 0 unspecified atom stereocenters. The normalized spacial score (nSPS) is 10.3. The van der Waals surface area contributed by atoms with E-state index in [4.69, 9.17) is 9.47 Å². The number of thioether (sulfide) groups is 2. The lowest BCUT2D eigenvalue weighted by molar-refractivity contribution is -0.118. The molecule has 4 nitrogen and oxygen atoms in total. The van der Waals surface area contributed by atoms with Gasteiger partial charge in [0, 0.05) is 22.9 Å². The Labute approximate surface area is 157 Å². The predicted molar refractivity (Wildman–Crippen MR) is 106 cm³/mol. The molecular weight excluding hydrogens is 354 g/mol. The Morgan fingerprint density at radius 3 is 2.52 bits per heavy atom. The lowest BCUT2D eigenvalue weighted by Gasteiger charge is -2.09. The number of carbonyl (C=O) groups is 1. The van der Waals surface area contributed by atoms with E-state index in [2.05, 4.69) is 17.4 Å². The first-order chi connectivity index (χ1) is 12.2. The third-order valence-corrected chi connectivity index (χ3v) is 5.43. The third-order valence-electron chi connectivity index (χ3n) is 3.41. The second kappa shape index (κ2) is 10.9. The minimum absolute atomic E-state index is 0.0418. The van der Waals surface area contributed by atoms with Gasteiger partial charge in [0.25, 0.3) is 0 Å². The first-order valence-electron chi connectivity index (χ1n) is 7.96. The van der Waals surface area contributed by atoms with E-state index >= 15 is 0 Å². The van der Waals surface area contributed by atoms with E-state index in [1.54, 1.807) is 14.2 Å². The number of carbonyl (C=O) groups excluding carboxylic acids is 1. The van der Waals surface area contributed by atoms with Crippen LogP contribution in [0.15, 0.2) is 53.4 Å². The highest BCUT2D eigenvalue weighted by molar-refractivity contribution is 8.00. The second-order valence-electron chi connectivity index (χ2n) is 5.19. The molecule has 1 amide bonds. The molecule has 0 atom stereocenters. The van der Waals surface area contributed by atoms with Gasteiger partial charge in [0.1, 0.15) is 0 Å². The number of nitrogens with one attached hydrogen (secondary N) is 1. The monoisotopic (exact) mass is 377 g/mol. The van der Waals surface area contributed by atoms with Crippen LogP contribution in [-0.2, 0) is 10.5 Å². The summed E-state index contributed by atoms with van der Waals surface area (Å²) >= 11 is 3.30. The minimum Gasteiger partial charge on any atom is -0.493 e. The number of ether oxygens (including phenoxy) is 2. The third kappa shape index (κ3) is 6.92. The number of hydrogen-bond acceptors (Lipinski definition) is 5. The highest BCUT2D eigenvalue weighted by Gasteiger charge is 2.07. The van der Waals surface area contributed by atoms with Crippen molar-refractivity contribution >= 4 is 29.4 Å². The SMILES string of the molecule is COc1ccc(SCC(=O)NCCSCc2ccccc2)cc1OC. The number of benzene rings is 2. The molecule has 0 aliphatic heterocycles. The zero-order chi connectivity index (χ0) is 17.9. The summed E-state index contributed by atoms with van der Waals surface area (Å²) in [7, 11) is 3.21. The van der Waals surface area contributed by atoms with Crippen molar-refractivity contribution in [2.75, 3.05) is 32.3 Å². The van der Waals surface area contributed by atoms with Gasteiger partial charge in [-0.1, -0.05) is 30.3 Å². The van der Waals surface area contributed by atoms with Gasteiger partial charge in [0.2, 0.25) is 5.91 Å². The molecule has 0 aromatic heterocycles. The van der Waals surface area contributed by atoms with Crippen LogP contribution in [0.3, 0.4) is 0 Å². The van der Waals surface area contributed by atoms with Crippen LogP contribution < -0.4 is 14.8 Å². The fraction of sp³-hybridized carbons (Fsp3) is 0.316. The maximum atomic E-state index is 11.9. The molecule has 1 N–H and O–H groups in total. The highest BCUT2D eigenvalue weighted by Crippen LogP contribution is 2.31. The second-order valence-corrected chi connectivity index (χ2v) is 7.35. The van der Waals surface area contributed by atoms with Gasteiger partial charge in [-0.3, -0.25) is 4.79 Å². The maximum Gasteiger partial charge on any atom is 0.230 e. The van der Waals surface area contributed by atoms with E-state index in [1.807, 2.05) is 48.2 Å². The standard InChI is InChI=1S/C19H23NO3S2/c1-22-17-9-8-16(12-18(17)23-2)25-14-19(21)20-10-11-24-13-15-6-4-3-5-7-15/h3-9,12H,10-11,13-14H2,1-2H3,(H,20,21). The van der Waals surface area contributed by atoms with Gasteiger partial charge >= 0.3 is 0 Å². The molecule has 0 heterocycles. The van der Waals surface area contributed by atoms with Gasteiger partial charge in [-0.05, 0) is 23.8 Å². The molecule has 0 aliphatic carbocycles. The van der Waals surface area contributed by atoms with Gasteiger partial charge in [-0.25, -0.2) is 0 Å². The molecule has 0 aliphatic rings. The molecule has 0 fully saturated rings. The zero-order valence-corrected chi connectivity index (χ0v) is 16.1. The van der Waals surface area contributed by atoms with Crippen molar-refractivity contribution in [1.29, 1.82) is 0 Å². The van der Waals surface area contributed by atoms with Crippen molar-refractivity contribution < 1.29 is 14.3 Å². The lowest BCUT2D eigenvalue weighted by atomic mass is 10.2. The van der Waals surface area contributed by atoms with Gasteiger partial charge in [-0.15, -0.1) is 11.8 Å². The van der Waals surface area contributed by atoms with Crippen LogP contribution >= 0.6 is 23.5 Å². The molecule has 25 heavy (non-hydrogen) atoms. The van der Waals surface area contributed by atoms with Crippen molar-refractivity contribution in [1.82, 2.24) is 5.32 Å². The predicted octanol–water partition coefficient (Wildman–Crippen LogP) is 3.85. The van der Waals surface area contributed by atoms with Crippen LogP contribution in [0.4, 0.5) is 0 Å². The van der Waals surface area contributed by atoms with Crippen molar-refractivity contribution in [3.05, 3.63) is 54.1 Å². The topological polar surface area (TPSA) is 47.6 Å². The minimum atomic E-state index is 0.0418. The fourth-order valence-corrected chi connectivity index (χ4v) is 3.71. The molecule has 2 rings (SSSR count). The summed E-state index contributed by atoms with van der Waals surface area (Å²) < 4.78 is 10.5. The average molecular weight is 378 g/mol. The van der Waals surface area contributed by atoms with Crippen molar-refractivity contribution in [3.63, 3.8) is 0 Å². The van der Waals surface area contributed by atoms with E-state index in [0.29, 0.717) is 23.8 Å². The highest BCUT2D eigenvalue weighted by atomic mass is 32.2. The molecule has 0 bridgehead atoms. The molecule has 0 saturated carbocycles. The summed E-state index contributed by atoms with van der Waals surface area (Å²) in [5.41, 5.74) is 1.31. The van der Waals surface area contributed by atoms with Gasteiger partial charge in [-0.2, -0.15) is 11.8 Å². The van der Waals surface area contributed by atoms with Crippen LogP contribution in [0.1, 0.15) is 5.56 Å². The Balaban J connectivity index is 1.64. The van der Waals surface area contributed by atoms with E-state index in [0.717, 1.165) is 16.4 Å². The van der Waals surface area contributed by atoms with Gasteiger partial charge in [0.15, 0.2) is 11.5 Å². The summed E-state index contributed by atoms with van der Waals surface area (Å²) in [4.78, 5) is 12.9. The van der Waals surface area contributed by atoms with Crippen LogP contribution in [0.25, 0.3) is 0 Å². The number of methoxy groups -OCH3 is 2. The number of amides is 1. The van der Waals surface area contributed by atoms with E-state index < -0.39 is 0 Å². The lowest BCUT2D eigenvalue weighted by Crippen LogP contribution is -2.27. The largest absolute Gasteiger partial charge is 0.493 e. The van der Waals surface area contributed by atoms with E-state index in [-0.39, 0.29) is 5.91 Å². The Morgan fingerprint density at radius 2 is 1.80 bits per heavy atom. The van der Waals surface area contributed by atoms with Gasteiger partial charge in [0.05, 0.1) is 20.0 Å². The first-order valence-corrected chi connectivity index (χ1v) is 10.1. The number of hydrogen-bond donors (Lipinski definition) is 1. The Hall–Kier alpha value is -1.79. The Bertz CT molecular complexity index is 665. The smallest absolute Gasteiger partial charge is 0.230 e. The average Bonchev–Trinajstić information content (AvgIpc) is 2.66. The van der Waals surface area contributed by atoms with E-state index in [9.17, 15) is 4.79 Å². The summed E-state index contributed by atoms with van der Waals surface area (Å²) in [5.74, 6) is 3.66. The van der Waals surface area contributed by atoms with Crippen molar-refractivity contribution in [2.24, 2.45) is 0 Å². The molecule has 134 valence electrons. The molecule has 6 heteroatoms. The van der Waals surface area contributed by atoms with Gasteiger partial charge < -0.3 is 14.8 Å². The molecule has 2 aromatic rings. The van der Waals surface area contributed by atoms with Crippen molar-refractivity contribution in [2.45, 2.75) is 10.6 Å². The Morgan fingerprint density at radius 1 is 1.04 bits per heavy atom. The maximum absolute atomic E-state index is 11.9. The molecule has 0 spiro atoms. The quantitative estimate of drug-likeness (QED) is 0.503. The van der Waals surface area contributed by atoms with Crippen LogP contribution in [0.2, 0.25) is 0 Å². The molecule has 0 saturated heterocycles. The zero-order valence-electron chi connectivity index (χ0n) is 14.5. The fourth-order valence-electron chi connectivity index (χ4n) is 2.13. The van der Waals surface area contributed by atoms with E-state index in [1.165, 1.54) is 17.3 Å². The molecular formula is C19H23NO3S2. The van der Waals surface area contributed by atoms with Crippen LogP contribution in [-0.4, -0.2) is 38.2 Å². The van der Waals surface area contributed by atoms with Crippen LogP contribution in [0.5, 0.6) is 11.5 Å². The van der Waals surface area contributed by atoms with Crippen molar-refractivity contribution in [3.8, 4) is 11.5 Å². The first kappa shape index (κ1) is 19.5. The summed E-state index contributed by atoms with van der Waals surface area (Å²) in [5, 5.41) is 2.95. The molecule has 0 radical (unpaired) electrons. The van der Waals surface area contributed by atoms with Crippen LogP contribution in [0, 0.1) is 0 Å². The molecule has 2 aromatic carbocycles. The number of rotatable bonds is 10.